The van der Waals surface area contributed by atoms with Gasteiger partial charge in [-0.1, -0.05) is 36.4 Å². The lowest BCUT2D eigenvalue weighted by Crippen LogP contribution is -2.37. The molecule has 0 radical (unpaired) electrons. The second-order valence-electron chi connectivity index (χ2n) is 10.1. The number of sulfonamides is 1. The molecule has 0 unspecified atom stereocenters. The molecule has 0 bridgehead atoms. The number of nitrogens with zero attached hydrogens (tertiary/aromatic N) is 1. The Morgan fingerprint density at radius 1 is 0.974 bits per heavy atom. The largest absolute Gasteiger partial charge is 0.416 e. The van der Waals surface area contributed by atoms with Crippen molar-refractivity contribution < 1.29 is 30.7 Å². The van der Waals surface area contributed by atoms with Crippen LogP contribution in [0, 0.1) is 5.82 Å². The third kappa shape index (κ3) is 6.69. The third-order valence-electron chi connectivity index (χ3n) is 7.50. The molecule has 2 aliphatic rings. The van der Waals surface area contributed by atoms with Crippen LogP contribution in [-0.2, 0) is 33.8 Å². The van der Waals surface area contributed by atoms with Crippen LogP contribution in [-0.4, -0.2) is 46.2 Å². The van der Waals surface area contributed by atoms with Crippen molar-refractivity contribution in [3.05, 3.63) is 100 Å². The molecule has 5 nitrogen and oxygen atoms in total. The molecular formula is C29H30F4N2O3S. The lowest BCUT2D eigenvalue weighted by molar-refractivity contribution is -0.137. The minimum atomic E-state index is -4.66. The van der Waals surface area contributed by atoms with Gasteiger partial charge >= 0.3 is 6.18 Å². The predicted molar refractivity (Wildman–Crippen MR) is 139 cm³/mol. The predicted octanol–water partition coefficient (Wildman–Crippen LogP) is 5.47. The van der Waals surface area contributed by atoms with Crippen molar-refractivity contribution in [2.45, 2.75) is 42.3 Å². The molecule has 1 N–H and O–H groups in total. The van der Waals surface area contributed by atoms with E-state index >= 15 is 0 Å². The fourth-order valence-corrected chi connectivity index (χ4v) is 6.67. The highest BCUT2D eigenvalue weighted by Gasteiger charge is 2.34. The van der Waals surface area contributed by atoms with Gasteiger partial charge in [-0.15, -0.1) is 0 Å². The summed E-state index contributed by atoms with van der Waals surface area (Å²) in [5.41, 5.74) is 2.76. The lowest BCUT2D eigenvalue weighted by Gasteiger charge is -2.33. The van der Waals surface area contributed by atoms with E-state index in [0.717, 1.165) is 79.7 Å². The molecule has 10 heteroatoms. The molecule has 1 aliphatic heterocycles. The molecule has 0 amide bonds. The topological polar surface area (TPSA) is 58.6 Å². The molecular weight excluding hydrogens is 532 g/mol. The maximum absolute atomic E-state index is 13.6. The summed E-state index contributed by atoms with van der Waals surface area (Å²) < 4.78 is 88.0. The van der Waals surface area contributed by atoms with E-state index in [-0.39, 0.29) is 11.7 Å². The number of hydrogen-bond acceptors (Lipinski definition) is 4. The van der Waals surface area contributed by atoms with E-state index in [0.29, 0.717) is 18.9 Å². The van der Waals surface area contributed by atoms with Crippen LogP contribution in [0.1, 0.15) is 46.2 Å². The molecule has 2 atom stereocenters. The zero-order valence-electron chi connectivity index (χ0n) is 21.3. The van der Waals surface area contributed by atoms with Gasteiger partial charge in [-0.25, -0.2) is 17.5 Å². The van der Waals surface area contributed by atoms with Gasteiger partial charge in [0.05, 0.1) is 23.7 Å². The normalized spacial score (nSPS) is 20.5. The van der Waals surface area contributed by atoms with Gasteiger partial charge in [0.2, 0.25) is 10.0 Å². The molecule has 1 heterocycles. The minimum absolute atomic E-state index is 0.0956. The molecule has 0 aromatic heterocycles. The van der Waals surface area contributed by atoms with Gasteiger partial charge in [0, 0.05) is 25.7 Å². The molecule has 1 fully saturated rings. The Morgan fingerprint density at radius 2 is 1.72 bits per heavy atom. The number of alkyl halides is 3. The van der Waals surface area contributed by atoms with E-state index in [4.69, 9.17) is 4.74 Å². The molecule has 208 valence electrons. The van der Waals surface area contributed by atoms with Crippen LogP contribution in [0.2, 0.25) is 0 Å². The van der Waals surface area contributed by atoms with Gasteiger partial charge < -0.3 is 4.74 Å². The first-order valence-corrected chi connectivity index (χ1v) is 14.4. The van der Waals surface area contributed by atoms with Crippen molar-refractivity contribution in [2.75, 3.05) is 32.8 Å². The Morgan fingerprint density at radius 3 is 2.44 bits per heavy atom. The fraction of sp³-hybridized carbons (Fsp3) is 0.379. The van der Waals surface area contributed by atoms with Crippen molar-refractivity contribution in [1.29, 1.82) is 0 Å². The maximum atomic E-state index is 13.6. The summed E-state index contributed by atoms with van der Waals surface area (Å²) >= 11 is 0. The molecule has 0 spiro atoms. The second-order valence-corrected chi connectivity index (χ2v) is 11.8. The van der Waals surface area contributed by atoms with Crippen molar-refractivity contribution in [3.63, 3.8) is 0 Å². The highest BCUT2D eigenvalue weighted by atomic mass is 32.2. The molecule has 1 saturated heterocycles. The zero-order valence-corrected chi connectivity index (χ0v) is 22.1. The average molecular weight is 563 g/mol. The number of hydrogen-bond donors (Lipinski definition) is 1. The average Bonchev–Trinajstić information content (AvgIpc) is 2.92. The van der Waals surface area contributed by atoms with Crippen molar-refractivity contribution >= 4 is 10.0 Å². The molecule has 0 saturated carbocycles. The van der Waals surface area contributed by atoms with E-state index in [1.54, 1.807) is 12.1 Å². The lowest BCUT2D eigenvalue weighted by atomic mass is 9.77. The summed E-state index contributed by atoms with van der Waals surface area (Å²) in [6, 6.07) is 15.3. The standard InChI is InChI=1S/C29H30F4N2O3S/c30-25-7-5-21(6-8-25)22-17-23-16-20(10-11-35-12-14-38-15-13-35)4-9-27(23)28(18-22)34-39(36,37)26-3-1-2-24(19-26)29(31,32)33/h1-9,16,19,22,28,34H,10-15,17-18H2/t22-,28+/m0/s1. The summed E-state index contributed by atoms with van der Waals surface area (Å²) in [6.45, 7) is 4.09. The summed E-state index contributed by atoms with van der Waals surface area (Å²) in [4.78, 5) is 1.90. The Hall–Kier alpha value is -2.79. The Balaban J connectivity index is 1.43. The van der Waals surface area contributed by atoms with Gasteiger partial charge in [0.15, 0.2) is 0 Å². The highest BCUT2D eigenvalue weighted by Crippen LogP contribution is 2.40. The minimum Gasteiger partial charge on any atom is -0.379 e. The van der Waals surface area contributed by atoms with E-state index in [2.05, 4.69) is 15.7 Å². The van der Waals surface area contributed by atoms with E-state index in [1.807, 2.05) is 12.1 Å². The van der Waals surface area contributed by atoms with Crippen molar-refractivity contribution in [1.82, 2.24) is 9.62 Å². The summed E-state index contributed by atoms with van der Waals surface area (Å²) in [5, 5.41) is 0. The number of rotatable bonds is 7. The molecule has 1 aliphatic carbocycles. The number of nitrogens with one attached hydrogen (secondary N) is 1. The molecule has 39 heavy (non-hydrogen) atoms. The first-order valence-electron chi connectivity index (χ1n) is 13.0. The monoisotopic (exact) mass is 562 g/mol. The van der Waals surface area contributed by atoms with Crippen LogP contribution in [0.25, 0.3) is 0 Å². The smallest absolute Gasteiger partial charge is 0.379 e. The van der Waals surface area contributed by atoms with Crippen LogP contribution in [0.15, 0.2) is 71.6 Å². The Kier molecular flexibility index (Phi) is 8.09. The fourth-order valence-electron chi connectivity index (χ4n) is 5.40. The molecule has 3 aromatic rings. The van der Waals surface area contributed by atoms with E-state index in [9.17, 15) is 26.0 Å². The summed E-state index contributed by atoms with van der Waals surface area (Å²) in [7, 11) is -4.26. The van der Waals surface area contributed by atoms with Gasteiger partial charge in [0.1, 0.15) is 5.82 Å². The molecule has 3 aromatic carbocycles. The van der Waals surface area contributed by atoms with Crippen LogP contribution >= 0.6 is 0 Å². The number of ether oxygens (including phenoxy) is 1. The van der Waals surface area contributed by atoms with Crippen LogP contribution < -0.4 is 4.72 Å². The SMILES string of the molecule is O=S(=O)(N[C@@H]1C[C@@H](c2ccc(F)cc2)Cc2cc(CCN3CCOCC3)ccc21)c1cccc(C(F)(F)F)c1. The maximum Gasteiger partial charge on any atom is 0.416 e. The quantitative estimate of drug-likeness (QED) is 0.388. The third-order valence-corrected chi connectivity index (χ3v) is 8.97. The summed E-state index contributed by atoms with van der Waals surface area (Å²) in [5.74, 6) is -0.455. The number of morpholine rings is 1. The first-order chi connectivity index (χ1) is 18.6. The van der Waals surface area contributed by atoms with E-state index in [1.165, 1.54) is 12.1 Å². The van der Waals surface area contributed by atoms with E-state index < -0.39 is 32.7 Å². The van der Waals surface area contributed by atoms with Gasteiger partial charge in [-0.05, 0) is 77.8 Å². The second kappa shape index (κ2) is 11.4. The first kappa shape index (κ1) is 27.8. The van der Waals surface area contributed by atoms with Crippen molar-refractivity contribution in [3.8, 4) is 0 Å². The van der Waals surface area contributed by atoms with Gasteiger partial charge in [-0.2, -0.15) is 13.2 Å². The number of benzene rings is 3. The highest BCUT2D eigenvalue weighted by molar-refractivity contribution is 7.89. The van der Waals surface area contributed by atoms with Crippen molar-refractivity contribution in [2.24, 2.45) is 0 Å². The van der Waals surface area contributed by atoms with Crippen LogP contribution in [0.5, 0.6) is 0 Å². The zero-order chi connectivity index (χ0) is 27.6. The Labute approximate surface area is 225 Å². The summed E-state index contributed by atoms with van der Waals surface area (Å²) in [6.07, 6.45) is -2.79. The number of fused-ring (bicyclic) bond motifs is 1. The number of halogens is 4. The Bertz CT molecular complexity index is 1400. The van der Waals surface area contributed by atoms with Gasteiger partial charge in [0.25, 0.3) is 0 Å². The van der Waals surface area contributed by atoms with Gasteiger partial charge in [-0.3, -0.25) is 4.90 Å². The van der Waals surface area contributed by atoms with Crippen LogP contribution in [0.4, 0.5) is 17.6 Å². The molecule has 5 rings (SSSR count). The van der Waals surface area contributed by atoms with Crippen LogP contribution in [0.3, 0.4) is 0 Å².